The van der Waals surface area contributed by atoms with Gasteiger partial charge in [-0.1, -0.05) is 0 Å². The highest BCUT2D eigenvalue weighted by Gasteiger charge is 2.29. The molecule has 2 saturated heterocycles. The Balaban J connectivity index is 1.41. The van der Waals surface area contributed by atoms with Crippen LogP contribution in [0.4, 0.5) is 0 Å². The molecule has 150 valence electrons. The SMILES string of the molecule is CC(=O)N1CCC(c2nn(CCNC(=O)CN3CCCC3)c3ncccc23)C1. The average Bonchev–Trinajstić information content (AvgIpc) is 3.41. The second-order valence-electron chi connectivity index (χ2n) is 7.77. The number of nitrogens with one attached hydrogen (secondary N) is 1. The Morgan fingerprint density at radius 3 is 2.82 bits per heavy atom. The summed E-state index contributed by atoms with van der Waals surface area (Å²) in [6, 6.07) is 3.97. The van der Waals surface area contributed by atoms with Crippen LogP contribution >= 0.6 is 0 Å². The summed E-state index contributed by atoms with van der Waals surface area (Å²) in [5.41, 5.74) is 1.85. The summed E-state index contributed by atoms with van der Waals surface area (Å²) in [7, 11) is 0. The molecule has 2 fully saturated rings. The third-order valence-corrected chi connectivity index (χ3v) is 5.77. The molecular formula is C20H28N6O2. The molecule has 2 aliphatic rings. The minimum Gasteiger partial charge on any atom is -0.353 e. The molecule has 1 unspecified atom stereocenters. The van der Waals surface area contributed by atoms with Gasteiger partial charge in [-0.25, -0.2) is 9.67 Å². The Hall–Kier alpha value is -2.48. The van der Waals surface area contributed by atoms with Crippen molar-refractivity contribution in [3.05, 3.63) is 24.0 Å². The largest absolute Gasteiger partial charge is 0.353 e. The van der Waals surface area contributed by atoms with Gasteiger partial charge >= 0.3 is 0 Å². The number of rotatable bonds is 6. The van der Waals surface area contributed by atoms with E-state index in [-0.39, 0.29) is 17.7 Å². The van der Waals surface area contributed by atoms with Crippen LogP contribution in [0.3, 0.4) is 0 Å². The molecular weight excluding hydrogens is 356 g/mol. The Morgan fingerprint density at radius 1 is 1.25 bits per heavy atom. The lowest BCUT2D eigenvalue weighted by atomic mass is 10.0. The van der Waals surface area contributed by atoms with Crippen molar-refractivity contribution >= 4 is 22.8 Å². The summed E-state index contributed by atoms with van der Waals surface area (Å²) in [5.74, 6) is 0.422. The second-order valence-corrected chi connectivity index (χ2v) is 7.77. The molecule has 0 aromatic carbocycles. The van der Waals surface area contributed by atoms with Crippen molar-refractivity contribution in [3.8, 4) is 0 Å². The lowest BCUT2D eigenvalue weighted by Gasteiger charge is -2.14. The lowest BCUT2D eigenvalue weighted by Crippen LogP contribution is -2.37. The number of hydrogen-bond acceptors (Lipinski definition) is 5. The van der Waals surface area contributed by atoms with Gasteiger partial charge in [0.15, 0.2) is 5.65 Å². The number of pyridine rings is 1. The summed E-state index contributed by atoms with van der Waals surface area (Å²) in [5, 5.41) is 8.86. The molecule has 2 amide bonds. The maximum absolute atomic E-state index is 12.1. The third-order valence-electron chi connectivity index (χ3n) is 5.77. The van der Waals surface area contributed by atoms with Crippen LogP contribution in [0.15, 0.2) is 18.3 Å². The quantitative estimate of drug-likeness (QED) is 0.803. The van der Waals surface area contributed by atoms with Gasteiger partial charge in [0.25, 0.3) is 0 Å². The number of carbonyl (C=O) groups is 2. The van der Waals surface area contributed by atoms with Gasteiger partial charge in [-0.15, -0.1) is 0 Å². The third kappa shape index (κ3) is 4.01. The Bertz CT molecular complexity index is 857. The molecule has 4 rings (SSSR count). The molecule has 8 heteroatoms. The first-order valence-corrected chi connectivity index (χ1v) is 10.2. The maximum atomic E-state index is 12.1. The van der Waals surface area contributed by atoms with Gasteiger partial charge < -0.3 is 10.2 Å². The number of aromatic nitrogens is 3. The predicted molar refractivity (Wildman–Crippen MR) is 106 cm³/mol. The first kappa shape index (κ1) is 18.9. The minimum atomic E-state index is 0.0689. The first-order chi connectivity index (χ1) is 13.6. The summed E-state index contributed by atoms with van der Waals surface area (Å²) in [4.78, 5) is 32.4. The molecule has 0 saturated carbocycles. The molecule has 4 heterocycles. The number of likely N-dealkylation sites (tertiary alicyclic amines) is 2. The Kier molecular flexibility index (Phi) is 5.57. The standard InChI is InChI=1S/C20H28N6O2/c1-15(27)25-11-6-16(13-25)19-17-5-4-7-22-20(17)26(23-19)12-8-21-18(28)14-24-9-2-3-10-24/h4-5,7,16H,2-3,6,8-14H2,1H3,(H,21,28). The zero-order chi connectivity index (χ0) is 19.5. The van der Waals surface area contributed by atoms with E-state index in [0.29, 0.717) is 26.2 Å². The highest BCUT2D eigenvalue weighted by Crippen LogP contribution is 2.31. The predicted octanol–water partition coefficient (Wildman–Crippen LogP) is 0.979. The van der Waals surface area contributed by atoms with Crippen LogP contribution in [-0.4, -0.2) is 75.6 Å². The van der Waals surface area contributed by atoms with Crippen molar-refractivity contribution in [3.63, 3.8) is 0 Å². The fourth-order valence-corrected chi connectivity index (χ4v) is 4.26. The number of amides is 2. The summed E-state index contributed by atoms with van der Waals surface area (Å²) in [6.07, 6.45) is 5.06. The van der Waals surface area contributed by atoms with Gasteiger partial charge in [0, 0.05) is 44.1 Å². The van der Waals surface area contributed by atoms with Gasteiger partial charge in [-0.3, -0.25) is 14.5 Å². The average molecular weight is 384 g/mol. The molecule has 2 aromatic heterocycles. The topological polar surface area (TPSA) is 83.4 Å². The summed E-state index contributed by atoms with van der Waals surface area (Å²) in [6.45, 7) is 6.74. The smallest absolute Gasteiger partial charge is 0.234 e. The molecule has 0 spiro atoms. The Morgan fingerprint density at radius 2 is 2.07 bits per heavy atom. The fraction of sp³-hybridized carbons (Fsp3) is 0.600. The number of fused-ring (bicyclic) bond motifs is 1. The van der Waals surface area contributed by atoms with Crippen molar-refractivity contribution in [1.29, 1.82) is 0 Å². The molecule has 1 N–H and O–H groups in total. The molecule has 0 aliphatic carbocycles. The van der Waals surface area contributed by atoms with E-state index < -0.39 is 0 Å². The molecule has 1 atom stereocenters. The second kappa shape index (κ2) is 8.26. The molecule has 8 nitrogen and oxygen atoms in total. The van der Waals surface area contributed by atoms with Crippen molar-refractivity contribution < 1.29 is 9.59 Å². The molecule has 2 aromatic rings. The maximum Gasteiger partial charge on any atom is 0.234 e. The highest BCUT2D eigenvalue weighted by atomic mass is 16.2. The van der Waals surface area contributed by atoms with Crippen LogP contribution in [0, 0.1) is 0 Å². The fourth-order valence-electron chi connectivity index (χ4n) is 4.26. The number of carbonyl (C=O) groups excluding carboxylic acids is 2. The van der Waals surface area contributed by atoms with Crippen LogP contribution in [0.25, 0.3) is 11.0 Å². The van der Waals surface area contributed by atoms with Crippen molar-refractivity contribution in [1.82, 2.24) is 29.9 Å². The van der Waals surface area contributed by atoms with Gasteiger partial charge in [0.05, 0.1) is 18.8 Å². The van der Waals surface area contributed by atoms with Gasteiger partial charge in [-0.05, 0) is 44.5 Å². The van der Waals surface area contributed by atoms with E-state index in [1.807, 2.05) is 21.7 Å². The van der Waals surface area contributed by atoms with E-state index in [4.69, 9.17) is 5.10 Å². The summed E-state index contributed by atoms with van der Waals surface area (Å²) >= 11 is 0. The van der Waals surface area contributed by atoms with Gasteiger partial charge in [0.2, 0.25) is 11.8 Å². The minimum absolute atomic E-state index is 0.0689. The number of nitrogens with zero attached hydrogens (tertiary/aromatic N) is 5. The van der Waals surface area contributed by atoms with Crippen molar-refractivity contribution in [2.24, 2.45) is 0 Å². The van der Waals surface area contributed by atoms with Gasteiger partial charge in [-0.2, -0.15) is 5.10 Å². The van der Waals surface area contributed by atoms with E-state index in [1.165, 1.54) is 12.8 Å². The van der Waals surface area contributed by atoms with E-state index in [1.54, 1.807) is 13.1 Å². The van der Waals surface area contributed by atoms with Crippen LogP contribution in [-0.2, 0) is 16.1 Å². The lowest BCUT2D eigenvalue weighted by molar-refractivity contribution is -0.127. The van der Waals surface area contributed by atoms with Gasteiger partial charge in [0.1, 0.15) is 0 Å². The van der Waals surface area contributed by atoms with Crippen LogP contribution in [0.5, 0.6) is 0 Å². The Labute approximate surface area is 164 Å². The molecule has 2 aliphatic heterocycles. The molecule has 28 heavy (non-hydrogen) atoms. The highest BCUT2D eigenvalue weighted by molar-refractivity contribution is 5.80. The van der Waals surface area contributed by atoms with E-state index in [9.17, 15) is 9.59 Å². The summed E-state index contributed by atoms with van der Waals surface area (Å²) < 4.78 is 1.89. The van der Waals surface area contributed by atoms with E-state index >= 15 is 0 Å². The van der Waals surface area contributed by atoms with E-state index in [2.05, 4.69) is 15.2 Å². The monoisotopic (exact) mass is 384 g/mol. The van der Waals surface area contributed by atoms with Crippen molar-refractivity contribution in [2.45, 2.75) is 38.6 Å². The first-order valence-electron chi connectivity index (χ1n) is 10.2. The van der Waals surface area contributed by atoms with Crippen molar-refractivity contribution in [2.75, 3.05) is 39.3 Å². The normalized spacial score (nSPS) is 20.2. The van der Waals surface area contributed by atoms with Crippen LogP contribution in [0.1, 0.15) is 37.8 Å². The van der Waals surface area contributed by atoms with Crippen LogP contribution < -0.4 is 5.32 Å². The van der Waals surface area contributed by atoms with E-state index in [0.717, 1.165) is 42.8 Å². The number of hydrogen-bond donors (Lipinski definition) is 1. The zero-order valence-electron chi connectivity index (χ0n) is 16.4. The molecule has 0 bridgehead atoms. The van der Waals surface area contributed by atoms with Crippen LogP contribution in [0.2, 0.25) is 0 Å². The molecule has 0 radical (unpaired) electrons. The zero-order valence-corrected chi connectivity index (χ0v) is 16.4.